The van der Waals surface area contributed by atoms with E-state index in [1.165, 1.54) is 12.4 Å². The van der Waals surface area contributed by atoms with Gasteiger partial charge in [0.25, 0.3) is 0 Å². The van der Waals surface area contributed by atoms with Crippen molar-refractivity contribution in [2.45, 2.75) is 12.5 Å². The number of aromatic nitrogens is 2. The van der Waals surface area contributed by atoms with Gasteiger partial charge < -0.3 is 15.7 Å². The summed E-state index contributed by atoms with van der Waals surface area (Å²) in [4.78, 5) is 29.0. The molecule has 1 amide bonds. The number of hydrogen-bond acceptors (Lipinski definition) is 5. The minimum Gasteiger partial charge on any atom is -0.476 e. The van der Waals surface area contributed by atoms with Crippen LogP contribution < -0.4 is 10.6 Å². The average Bonchev–Trinajstić information content (AvgIpc) is 2.65. The molecule has 1 unspecified atom stereocenters. The molecule has 1 fully saturated rings. The number of anilines is 1. The summed E-state index contributed by atoms with van der Waals surface area (Å²) in [5.74, 6) is -0.657. The van der Waals surface area contributed by atoms with Crippen LogP contribution in [0.4, 0.5) is 5.82 Å². The number of carbonyl (C=O) groups excluding carboxylic acids is 1. The zero-order valence-corrected chi connectivity index (χ0v) is 8.30. The largest absolute Gasteiger partial charge is 0.476 e. The van der Waals surface area contributed by atoms with Crippen LogP contribution in [-0.2, 0) is 4.79 Å². The van der Waals surface area contributed by atoms with Crippen molar-refractivity contribution in [1.82, 2.24) is 15.3 Å². The number of aromatic carboxylic acids is 1. The van der Waals surface area contributed by atoms with Crippen LogP contribution in [0, 0.1) is 0 Å². The fraction of sp³-hybridized carbons (Fsp3) is 0.333. The maximum atomic E-state index is 10.9. The van der Waals surface area contributed by atoms with Gasteiger partial charge in [0.1, 0.15) is 5.82 Å². The molecule has 0 radical (unpaired) electrons. The molecule has 2 rings (SSSR count). The van der Waals surface area contributed by atoms with Gasteiger partial charge in [-0.2, -0.15) is 0 Å². The second kappa shape index (κ2) is 4.13. The molecule has 0 aromatic carbocycles. The third kappa shape index (κ3) is 2.25. The number of rotatable bonds is 3. The average molecular weight is 222 g/mol. The molecule has 1 aliphatic heterocycles. The molecule has 2 heterocycles. The summed E-state index contributed by atoms with van der Waals surface area (Å²) in [6.45, 7) is 0.543. The molecule has 3 N–H and O–H groups in total. The molecule has 1 aliphatic rings. The van der Waals surface area contributed by atoms with Crippen molar-refractivity contribution in [2.24, 2.45) is 0 Å². The number of carboxylic acid groups (broad SMARTS) is 1. The van der Waals surface area contributed by atoms with E-state index in [-0.39, 0.29) is 17.6 Å². The molecular weight excluding hydrogens is 212 g/mol. The monoisotopic (exact) mass is 222 g/mol. The molecular formula is C9H10N4O3. The smallest absolute Gasteiger partial charge is 0.356 e. The molecule has 7 heteroatoms. The minimum absolute atomic E-state index is 0.00684. The Labute approximate surface area is 90.9 Å². The van der Waals surface area contributed by atoms with Crippen molar-refractivity contribution in [2.75, 3.05) is 11.9 Å². The van der Waals surface area contributed by atoms with Crippen molar-refractivity contribution in [3.05, 3.63) is 18.1 Å². The van der Waals surface area contributed by atoms with Gasteiger partial charge in [0.2, 0.25) is 5.91 Å². The Morgan fingerprint density at radius 3 is 2.81 bits per heavy atom. The summed E-state index contributed by atoms with van der Waals surface area (Å²) in [6, 6.07) is -0.0162. The molecule has 16 heavy (non-hydrogen) atoms. The maximum Gasteiger partial charge on any atom is 0.356 e. The van der Waals surface area contributed by atoms with E-state index in [4.69, 9.17) is 5.11 Å². The lowest BCUT2D eigenvalue weighted by Crippen LogP contribution is -2.23. The van der Waals surface area contributed by atoms with Crippen molar-refractivity contribution in [3.8, 4) is 0 Å². The van der Waals surface area contributed by atoms with E-state index >= 15 is 0 Å². The normalized spacial score (nSPS) is 19.2. The van der Waals surface area contributed by atoms with Crippen LogP contribution in [-0.4, -0.2) is 39.5 Å². The van der Waals surface area contributed by atoms with E-state index < -0.39 is 5.97 Å². The maximum absolute atomic E-state index is 10.9. The van der Waals surface area contributed by atoms with Crippen LogP contribution in [0.1, 0.15) is 16.9 Å². The van der Waals surface area contributed by atoms with Gasteiger partial charge in [-0.05, 0) is 0 Å². The van der Waals surface area contributed by atoms with Crippen LogP contribution >= 0.6 is 0 Å². The second-order valence-corrected chi connectivity index (χ2v) is 3.44. The van der Waals surface area contributed by atoms with Gasteiger partial charge in [-0.3, -0.25) is 4.79 Å². The Morgan fingerprint density at radius 2 is 2.31 bits per heavy atom. The number of carboxylic acids is 1. The third-order valence-corrected chi connectivity index (χ3v) is 2.20. The Morgan fingerprint density at radius 1 is 1.50 bits per heavy atom. The van der Waals surface area contributed by atoms with E-state index in [1.54, 1.807) is 0 Å². The Hall–Kier alpha value is -2.18. The molecule has 0 aliphatic carbocycles. The topological polar surface area (TPSA) is 104 Å². The molecule has 7 nitrogen and oxygen atoms in total. The summed E-state index contributed by atoms with van der Waals surface area (Å²) < 4.78 is 0. The van der Waals surface area contributed by atoms with Crippen LogP contribution in [0.15, 0.2) is 12.4 Å². The van der Waals surface area contributed by atoms with Gasteiger partial charge in [0.05, 0.1) is 18.4 Å². The van der Waals surface area contributed by atoms with Gasteiger partial charge in [-0.1, -0.05) is 0 Å². The number of nitrogens with one attached hydrogen (secondary N) is 2. The summed E-state index contributed by atoms with van der Waals surface area (Å²) in [5, 5.41) is 14.3. The van der Waals surface area contributed by atoms with E-state index in [2.05, 4.69) is 20.6 Å². The highest BCUT2D eigenvalue weighted by Gasteiger charge is 2.21. The first-order valence-corrected chi connectivity index (χ1v) is 4.74. The molecule has 0 bridgehead atoms. The van der Waals surface area contributed by atoms with Gasteiger partial charge >= 0.3 is 5.97 Å². The predicted molar refractivity (Wildman–Crippen MR) is 54.0 cm³/mol. The fourth-order valence-electron chi connectivity index (χ4n) is 1.43. The Kier molecular flexibility index (Phi) is 2.67. The SMILES string of the molecule is O=C1CC(Nc2cnc(C(=O)O)cn2)CN1. The fourth-order valence-corrected chi connectivity index (χ4v) is 1.43. The molecule has 1 aromatic heterocycles. The molecule has 0 spiro atoms. The molecule has 1 saturated heterocycles. The number of amides is 1. The van der Waals surface area contributed by atoms with Crippen LogP contribution in [0.5, 0.6) is 0 Å². The molecule has 1 aromatic rings. The highest BCUT2D eigenvalue weighted by atomic mass is 16.4. The van der Waals surface area contributed by atoms with Gasteiger partial charge in [0.15, 0.2) is 5.69 Å². The quantitative estimate of drug-likeness (QED) is 0.635. The van der Waals surface area contributed by atoms with Gasteiger partial charge in [0, 0.05) is 13.0 Å². The first kappa shape index (κ1) is 10.3. The number of nitrogens with zero attached hydrogens (tertiary/aromatic N) is 2. The Balaban J connectivity index is 2.00. The lowest BCUT2D eigenvalue weighted by Gasteiger charge is -2.09. The summed E-state index contributed by atoms with van der Waals surface area (Å²) in [7, 11) is 0. The zero-order valence-electron chi connectivity index (χ0n) is 8.30. The van der Waals surface area contributed by atoms with Crippen molar-refractivity contribution in [3.63, 3.8) is 0 Å². The van der Waals surface area contributed by atoms with Crippen LogP contribution in [0.25, 0.3) is 0 Å². The van der Waals surface area contributed by atoms with Crippen LogP contribution in [0.2, 0.25) is 0 Å². The lowest BCUT2D eigenvalue weighted by atomic mass is 10.2. The summed E-state index contributed by atoms with van der Waals surface area (Å²) >= 11 is 0. The second-order valence-electron chi connectivity index (χ2n) is 3.44. The van der Waals surface area contributed by atoms with E-state index in [9.17, 15) is 9.59 Å². The molecule has 84 valence electrons. The third-order valence-electron chi connectivity index (χ3n) is 2.20. The van der Waals surface area contributed by atoms with E-state index in [1.807, 2.05) is 0 Å². The van der Waals surface area contributed by atoms with Crippen molar-refractivity contribution < 1.29 is 14.7 Å². The van der Waals surface area contributed by atoms with Gasteiger partial charge in [-0.15, -0.1) is 0 Å². The highest BCUT2D eigenvalue weighted by Crippen LogP contribution is 2.08. The molecule has 0 saturated carbocycles. The van der Waals surface area contributed by atoms with E-state index in [0.717, 1.165) is 0 Å². The minimum atomic E-state index is -1.11. The molecule has 1 atom stereocenters. The highest BCUT2D eigenvalue weighted by molar-refractivity contribution is 5.85. The first-order chi connectivity index (χ1) is 7.65. The van der Waals surface area contributed by atoms with E-state index in [0.29, 0.717) is 18.8 Å². The predicted octanol–water partition coefficient (Wildman–Crippen LogP) is -0.525. The Bertz CT molecular complexity index is 417. The lowest BCUT2D eigenvalue weighted by molar-refractivity contribution is -0.119. The number of hydrogen-bond donors (Lipinski definition) is 3. The zero-order chi connectivity index (χ0) is 11.5. The van der Waals surface area contributed by atoms with Crippen molar-refractivity contribution in [1.29, 1.82) is 0 Å². The standard InChI is InChI=1S/C9H10N4O3/c14-8-1-5(2-12-8)13-7-4-10-6(3-11-7)9(15)16/h3-5H,1-2H2,(H,11,13)(H,12,14)(H,15,16). The summed E-state index contributed by atoms with van der Waals surface area (Å²) in [5.41, 5.74) is -0.105. The van der Waals surface area contributed by atoms with Crippen LogP contribution in [0.3, 0.4) is 0 Å². The first-order valence-electron chi connectivity index (χ1n) is 4.74. The van der Waals surface area contributed by atoms with Crippen molar-refractivity contribution >= 4 is 17.7 Å². The van der Waals surface area contributed by atoms with Gasteiger partial charge in [-0.25, -0.2) is 14.8 Å². The number of carbonyl (C=O) groups is 2. The summed E-state index contributed by atoms with van der Waals surface area (Å²) in [6.07, 6.45) is 2.91.